The highest BCUT2D eigenvalue weighted by atomic mass is 35.5. The van der Waals surface area contributed by atoms with Crippen molar-refractivity contribution in [3.63, 3.8) is 0 Å². The van der Waals surface area contributed by atoms with Gasteiger partial charge in [0.25, 0.3) is 0 Å². The fraction of sp³-hybridized carbons (Fsp3) is 0.500. The van der Waals surface area contributed by atoms with Crippen LogP contribution in [0.3, 0.4) is 0 Å². The molecular formula is C14H16ClF3N2O. The van der Waals surface area contributed by atoms with Crippen LogP contribution in [-0.4, -0.2) is 25.0 Å². The predicted molar refractivity (Wildman–Crippen MR) is 75.5 cm³/mol. The van der Waals surface area contributed by atoms with Crippen LogP contribution in [0.4, 0.5) is 18.9 Å². The van der Waals surface area contributed by atoms with Crippen LogP contribution in [0.5, 0.6) is 0 Å². The quantitative estimate of drug-likeness (QED) is 0.921. The van der Waals surface area contributed by atoms with Gasteiger partial charge in [0.15, 0.2) is 0 Å². The summed E-state index contributed by atoms with van der Waals surface area (Å²) in [6, 6.07) is 2.68. The van der Waals surface area contributed by atoms with E-state index in [0.717, 1.165) is 18.6 Å². The first kappa shape index (κ1) is 16.1. The molecule has 0 radical (unpaired) electrons. The number of amides is 1. The third-order valence-electron chi connectivity index (χ3n) is 3.41. The number of halogens is 4. The van der Waals surface area contributed by atoms with Crippen LogP contribution in [0.25, 0.3) is 0 Å². The van der Waals surface area contributed by atoms with Gasteiger partial charge in [-0.05, 0) is 37.6 Å². The number of carbonyl (C=O) groups is 1. The molecule has 0 bridgehead atoms. The minimum atomic E-state index is -4.46. The molecule has 1 saturated heterocycles. The second-order valence-corrected chi connectivity index (χ2v) is 5.36. The van der Waals surface area contributed by atoms with Gasteiger partial charge in [-0.2, -0.15) is 13.2 Å². The molecule has 7 heteroatoms. The molecule has 1 aromatic carbocycles. The standard InChI is InChI=1S/C14H16ClF3N2O/c1-2-6-19-11-5-7-20(13(11)21)12-8-9(14(16,17)18)3-4-10(12)15/h3-4,8,11,19H,2,5-7H2,1H3. The van der Waals surface area contributed by atoms with Crippen molar-refractivity contribution in [3.8, 4) is 0 Å². The van der Waals surface area contributed by atoms with Gasteiger partial charge in [-0.3, -0.25) is 4.79 Å². The molecule has 0 aliphatic carbocycles. The fourth-order valence-corrected chi connectivity index (χ4v) is 2.54. The van der Waals surface area contributed by atoms with Gasteiger partial charge in [0.05, 0.1) is 22.3 Å². The monoisotopic (exact) mass is 320 g/mol. The van der Waals surface area contributed by atoms with Crippen molar-refractivity contribution in [2.24, 2.45) is 0 Å². The molecule has 0 spiro atoms. The number of alkyl halides is 3. The van der Waals surface area contributed by atoms with E-state index in [1.165, 1.54) is 11.0 Å². The highest BCUT2D eigenvalue weighted by molar-refractivity contribution is 6.34. The molecule has 1 heterocycles. The number of nitrogens with one attached hydrogen (secondary N) is 1. The molecule has 1 aliphatic heterocycles. The first-order valence-corrected chi connectivity index (χ1v) is 7.14. The van der Waals surface area contributed by atoms with Gasteiger partial charge >= 0.3 is 6.18 Å². The molecule has 116 valence electrons. The van der Waals surface area contributed by atoms with Crippen LogP contribution >= 0.6 is 11.6 Å². The molecule has 1 aliphatic rings. The maximum Gasteiger partial charge on any atom is 0.416 e. The Balaban J connectivity index is 2.24. The third kappa shape index (κ3) is 3.49. The lowest BCUT2D eigenvalue weighted by Gasteiger charge is -2.20. The van der Waals surface area contributed by atoms with Crippen molar-refractivity contribution in [1.29, 1.82) is 0 Å². The zero-order chi connectivity index (χ0) is 15.6. The van der Waals surface area contributed by atoms with Crippen molar-refractivity contribution >= 4 is 23.2 Å². The topological polar surface area (TPSA) is 32.3 Å². The Kier molecular flexibility index (Phi) is 4.78. The molecule has 1 fully saturated rings. The van der Waals surface area contributed by atoms with Crippen molar-refractivity contribution in [2.75, 3.05) is 18.0 Å². The summed E-state index contributed by atoms with van der Waals surface area (Å²) in [7, 11) is 0. The number of rotatable bonds is 4. The van der Waals surface area contributed by atoms with Gasteiger partial charge in [0.1, 0.15) is 0 Å². The van der Waals surface area contributed by atoms with E-state index < -0.39 is 11.7 Å². The van der Waals surface area contributed by atoms with Gasteiger partial charge in [-0.1, -0.05) is 18.5 Å². The summed E-state index contributed by atoms with van der Waals surface area (Å²) >= 11 is 5.96. The Bertz CT molecular complexity index is 533. The lowest BCUT2D eigenvalue weighted by atomic mass is 10.2. The molecular weight excluding hydrogens is 305 g/mol. The molecule has 3 nitrogen and oxygen atoms in total. The Morgan fingerprint density at radius 2 is 2.14 bits per heavy atom. The van der Waals surface area contributed by atoms with Crippen LogP contribution < -0.4 is 10.2 Å². The summed E-state index contributed by atoms with van der Waals surface area (Å²) in [5.41, 5.74) is -0.683. The molecule has 2 rings (SSSR count). The van der Waals surface area contributed by atoms with Crippen molar-refractivity contribution < 1.29 is 18.0 Å². The number of benzene rings is 1. The summed E-state index contributed by atoms with van der Waals surface area (Å²) in [5.74, 6) is -0.232. The Labute approximate surface area is 126 Å². The minimum Gasteiger partial charge on any atom is -0.309 e. The number of hydrogen-bond donors (Lipinski definition) is 1. The van der Waals surface area contributed by atoms with Gasteiger partial charge in [0, 0.05) is 6.54 Å². The van der Waals surface area contributed by atoms with E-state index in [0.29, 0.717) is 19.5 Å². The maximum atomic E-state index is 12.8. The number of anilines is 1. The highest BCUT2D eigenvalue weighted by Crippen LogP contribution is 2.36. The maximum absolute atomic E-state index is 12.8. The van der Waals surface area contributed by atoms with Crippen LogP contribution in [0.15, 0.2) is 18.2 Å². The van der Waals surface area contributed by atoms with Crippen LogP contribution in [0.1, 0.15) is 25.3 Å². The second kappa shape index (κ2) is 6.23. The summed E-state index contributed by atoms with van der Waals surface area (Å²) in [5, 5.41) is 3.23. The van der Waals surface area contributed by atoms with E-state index in [1.54, 1.807) is 0 Å². The Morgan fingerprint density at radius 1 is 1.43 bits per heavy atom. The number of hydrogen-bond acceptors (Lipinski definition) is 2. The van der Waals surface area contributed by atoms with Gasteiger partial charge < -0.3 is 10.2 Å². The lowest BCUT2D eigenvalue weighted by Crippen LogP contribution is -2.38. The summed E-state index contributed by atoms with van der Waals surface area (Å²) in [6.45, 7) is 3.04. The molecule has 1 amide bonds. The zero-order valence-corrected chi connectivity index (χ0v) is 12.3. The second-order valence-electron chi connectivity index (χ2n) is 4.95. The first-order chi connectivity index (χ1) is 9.84. The molecule has 0 saturated carbocycles. The molecule has 1 aromatic rings. The summed E-state index contributed by atoms with van der Waals surface area (Å²) in [6.07, 6.45) is -3.01. The molecule has 1 atom stereocenters. The van der Waals surface area contributed by atoms with Crippen molar-refractivity contribution in [3.05, 3.63) is 28.8 Å². The summed E-state index contributed by atoms with van der Waals surface area (Å²) < 4.78 is 38.3. The van der Waals surface area contributed by atoms with Gasteiger partial charge in [0.2, 0.25) is 5.91 Å². The van der Waals surface area contributed by atoms with Gasteiger partial charge in [-0.15, -0.1) is 0 Å². The number of carbonyl (C=O) groups excluding carboxylic acids is 1. The third-order valence-corrected chi connectivity index (χ3v) is 3.73. The zero-order valence-electron chi connectivity index (χ0n) is 11.5. The smallest absolute Gasteiger partial charge is 0.309 e. The Hall–Kier alpha value is -1.27. The number of nitrogens with zero attached hydrogens (tertiary/aromatic N) is 1. The first-order valence-electron chi connectivity index (χ1n) is 6.76. The molecule has 1 unspecified atom stereocenters. The van der Waals surface area contributed by atoms with E-state index in [4.69, 9.17) is 11.6 Å². The van der Waals surface area contributed by atoms with Crippen LogP contribution in [-0.2, 0) is 11.0 Å². The van der Waals surface area contributed by atoms with E-state index in [2.05, 4.69) is 5.32 Å². The Morgan fingerprint density at radius 3 is 2.76 bits per heavy atom. The van der Waals surface area contributed by atoms with Crippen molar-refractivity contribution in [2.45, 2.75) is 32.0 Å². The van der Waals surface area contributed by atoms with E-state index in [1.807, 2.05) is 6.92 Å². The highest BCUT2D eigenvalue weighted by Gasteiger charge is 2.36. The average molecular weight is 321 g/mol. The normalized spacial score (nSPS) is 19.4. The van der Waals surface area contributed by atoms with Crippen LogP contribution in [0, 0.1) is 0 Å². The predicted octanol–water partition coefficient (Wildman–Crippen LogP) is 3.46. The molecule has 1 N–H and O–H groups in total. The van der Waals surface area contributed by atoms with Crippen molar-refractivity contribution in [1.82, 2.24) is 5.32 Å². The van der Waals surface area contributed by atoms with Crippen LogP contribution in [0.2, 0.25) is 5.02 Å². The van der Waals surface area contributed by atoms with Gasteiger partial charge in [-0.25, -0.2) is 0 Å². The van der Waals surface area contributed by atoms with E-state index in [9.17, 15) is 18.0 Å². The largest absolute Gasteiger partial charge is 0.416 e. The van der Waals surface area contributed by atoms with E-state index >= 15 is 0 Å². The molecule has 0 aromatic heterocycles. The lowest BCUT2D eigenvalue weighted by molar-refractivity contribution is -0.137. The average Bonchev–Trinajstić information content (AvgIpc) is 2.77. The fourth-order valence-electron chi connectivity index (χ4n) is 2.32. The molecule has 21 heavy (non-hydrogen) atoms. The van der Waals surface area contributed by atoms with E-state index in [-0.39, 0.29) is 22.7 Å². The minimum absolute atomic E-state index is 0.122. The summed E-state index contributed by atoms with van der Waals surface area (Å²) in [4.78, 5) is 13.6. The SMILES string of the molecule is CCCNC1CCN(c2cc(C(F)(F)F)ccc2Cl)C1=O.